The molecule has 0 saturated carbocycles. The van der Waals surface area contributed by atoms with E-state index in [9.17, 15) is 0 Å². The Kier molecular flexibility index (Phi) is 5.29. The molecule has 0 fully saturated rings. The molecule has 0 spiro atoms. The molecule has 2 heteroatoms. The Balaban J connectivity index is 0.000000340. The first-order chi connectivity index (χ1) is 14.8. The fourth-order valence-corrected chi connectivity index (χ4v) is 4.67. The summed E-state index contributed by atoms with van der Waals surface area (Å²) in [6, 6.07) is 27.7. The van der Waals surface area contributed by atoms with E-state index in [0.29, 0.717) is 0 Å². The lowest BCUT2D eigenvalue weighted by Gasteiger charge is -2.21. The molecule has 0 amide bonds. The summed E-state index contributed by atoms with van der Waals surface area (Å²) in [4.78, 5) is 0. The standard InChI is InChI=1S/C24H19Cl.C4H4O/c25-19-12-9-17(10-13-19)23-15-18-6-2-3-7-20(18)22-14-11-16-5-1-4-8-21(16)24(22)23;1-2-4-5-3-1/h2-3,6-7,9-15H,1,4-5,8H2;1-4H. The van der Waals surface area contributed by atoms with Crippen molar-refractivity contribution < 1.29 is 4.42 Å². The van der Waals surface area contributed by atoms with Crippen molar-refractivity contribution in [1.82, 2.24) is 0 Å². The third kappa shape index (κ3) is 3.62. The van der Waals surface area contributed by atoms with Crippen molar-refractivity contribution in [3.63, 3.8) is 0 Å². The normalized spacial score (nSPS) is 13.0. The maximum atomic E-state index is 6.13. The van der Waals surface area contributed by atoms with Crippen molar-refractivity contribution in [2.75, 3.05) is 0 Å². The van der Waals surface area contributed by atoms with Gasteiger partial charge in [-0.25, -0.2) is 0 Å². The molecular formula is C28H23ClO. The highest BCUT2D eigenvalue weighted by Gasteiger charge is 2.17. The molecule has 30 heavy (non-hydrogen) atoms. The number of benzene rings is 4. The third-order valence-electron chi connectivity index (χ3n) is 5.93. The Morgan fingerprint density at radius 3 is 2.23 bits per heavy atom. The van der Waals surface area contributed by atoms with Gasteiger partial charge in [0.05, 0.1) is 12.5 Å². The molecule has 4 aromatic carbocycles. The summed E-state index contributed by atoms with van der Waals surface area (Å²) < 4.78 is 4.58. The highest BCUT2D eigenvalue weighted by atomic mass is 35.5. The second kappa shape index (κ2) is 8.38. The lowest BCUT2D eigenvalue weighted by Crippen LogP contribution is -2.04. The van der Waals surface area contributed by atoms with E-state index in [4.69, 9.17) is 11.6 Å². The third-order valence-corrected chi connectivity index (χ3v) is 6.19. The van der Waals surface area contributed by atoms with Crippen LogP contribution >= 0.6 is 11.6 Å². The van der Waals surface area contributed by atoms with E-state index < -0.39 is 0 Å². The molecule has 5 aromatic rings. The molecule has 1 nitrogen and oxygen atoms in total. The first kappa shape index (κ1) is 19.0. The minimum atomic E-state index is 0.788. The van der Waals surface area contributed by atoms with Gasteiger partial charge in [-0.3, -0.25) is 0 Å². The minimum absolute atomic E-state index is 0.788. The molecule has 0 radical (unpaired) electrons. The van der Waals surface area contributed by atoms with Crippen molar-refractivity contribution in [2.45, 2.75) is 25.7 Å². The van der Waals surface area contributed by atoms with Gasteiger partial charge >= 0.3 is 0 Å². The van der Waals surface area contributed by atoms with Gasteiger partial charge < -0.3 is 4.42 Å². The van der Waals surface area contributed by atoms with Crippen LogP contribution in [-0.4, -0.2) is 0 Å². The van der Waals surface area contributed by atoms with Gasteiger partial charge in [0.25, 0.3) is 0 Å². The van der Waals surface area contributed by atoms with Crippen LogP contribution in [0.3, 0.4) is 0 Å². The molecule has 0 N–H and O–H groups in total. The largest absolute Gasteiger partial charge is 0.473 e. The van der Waals surface area contributed by atoms with Gasteiger partial charge in [0.15, 0.2) is 0 Å². The molecule has 0 atom stereocenters. The lowest BCUT2D eigenvalue weighted by molar-refractivity contribution is 0.567. The van der Waals surface area contributed by atoms with Gasteiger partial charge in [-0.15, -0.1) is 0 Å². The first-order valence-corrected chi connectivity index (χ1v) is 10.9. The summed E-state index contributed by atoms with van der Waals surface area (Å²) in [7, 11) is 0. The van der Waals surface area contributed by atoms with Crippen molar-refractivity contribution in [3.05, 3.63) is 108 Å². The van der Waals surface area contributed by atoms with E-state index in [0.717, 1.165) is 5.02 Å². The number of hydrogen-bond acceptors (Lipinski definition) is 1. The molecule has 1 heterocycles. The van der Waals surface area contributed by atoms with Crippen LogP contribution in [0.15, 0.2) is 95.8 Å². The molecule has 0 unspecified atom stereocenters. The summed E-state index contributed by atoms with van der Waals surface area (Å²) in [5, 5.41) is 6.26. The number of hydrogen-bond donors (Lipinski definition) is 0. The first-order valence-electron chi connectivity index (χ1n) is 10.5. The topological polar surface area (TPSA) is 13.1 Å². The highest BCUT2D eigenvalue weighted by Crippen LogP contribution is 2.40. The van der Waals surface area contributed by atoms with E-state index in [1.165, 1.54) is 63.9 Å². The van der Waals surface area contributed by atoms with Crippen LogP contribution in [0.4, 0.5) is 0 Å². The van der Waals surface area contributed by atoms with Gasteiger partial charge in [0.1, 0.15) is 0 Å². The minimum Gasteiger partial charge on any atom is -0.473 e. The van der Waals surface area contributed by atoms with Gasteiger partial charge in [-0.2, -0.15) is 0 Å². The van der Waals surface area contributed by atoms with Crippen LogP contribution < -0.4 is 0 Å². The maximum absolute atomic E-state index is 6.13. The summed E-state index contributed by atoms with van der Waals surface area (Å²) in [5.74, 6) is 0. The fourth-order valence-electron chi connectivity index (χ4n) is 4.54. The van der Waals surface area contributed by atoms with Crippen molar-refractivity contribution in [1.29, 1.82) is 0 Å². The Morgan fingerprint density at radius 1 is 0.700 bits per heavy atom. The molecule has 1 aliphatic rings. The Hall–Kier alpha value is -3.03. The Morgan fingerprint density at radius 2 is 1.47 bits per heavy atom. The van der Waals surface area contributed by atoms with Crippen LogP contribution in [0.5, 0.6) is 0 Å². The van der Waals surface area contributed by atoms with Gasteiger partial charge in [-0.1, -0.05) is 60.1 Å². The van der Waals surface area contributed by atoms with E-state index in [2.05, 4.69) is 59.0 Å². The number of halogens is 1. The predicted molar refractivity (Wildman–Crippen MR) is 127 cm³/mol. The zero-order valence-electron chi connectivity index (χ0n) is 16.8. The number of furan rings is 1. The SMILES string of the molecule is Clc1ccc(-c2cc3ccccc3c3ccc4c(c23)CCCC4)cc1.c1ccoc1. The van der Waals surface area contributed by atoms with Crippen molar-refractivity contribution in [2.24, 2.45) is 0 Å². The molecule has 6 rings (SSSR count). The molecule has 1 aliphatic carbocycles. The maximum Gasteiger partial charge on any atom is 0.0902 e. The Labute approximate surface area is 181 Å². The summed E-state index contributed by atoms with van der Waals surface area (Å²) in [5.41, 5.74) is 5.67. The number of rotatable bonds is 1. The smallest absolute Gasteiger partial charge is 0.0902 e. The molecule has 148 valence electrons. The second-order valence-corrected chi connectivity index (χ2v) is 8.21. The highest BCUT2D eigenvalue weighted by molar-refractivity contribution is 6.30. The molecule has 0 aliphatic heterocycles. The summed E-state index contributed by atoms with van der Waals surface area (Å²) in [6.45, 7) is 0. The van der Waals surface area contributed by atoms with Crippen LogP contribution in [0.2, 0.25) is 5.02 Å². The molecule has 0 saturated heterocycles. The zero-order valence-corrected chi connectivity index (χ0v) is 17.5. The lowest BCUT2D eigenvalue weighted by atomic mass is 9.83. The van der Waals surface area contributed by atoms with Gasteiger partial charge in [0, 0.05) is 5.02 Å². The molecule has 1 aromatic heterocycles. The Bertz CT molecular complexity index is 1270. The van der Waals surface area contributed by atoms with Crippen LogP contribution in [0.1, 0.15) is 24.0 Å². The number of fused-ring (bicyclic) bond motifs is 5. The molecular weight excluding hydrogens is 388 g/mol. The van der Waals surface area contributed by atoms with Crippen LogP contribution in [-0.2, 0) is 12.8 Å². The second-order valence-electron chi connectivity index (χ2n) is 7.78. The monoisotopic (exact) mass is 410 g/mol. The van der Waals surface area contributed by atoms with Gasteiger partial charge in [-0.05, 0) is 99.8 Å². The number of aryl methyl sites for hydroxylation is 2. The zero-order chi connectivity index (χ0) is 20.3. The predicted octanol–water partition coefficient (Wildman–Crippen LogP) is 8.47. The van der Waals surface area contributed by atoms with Crippen LogP contribution in [0, 0.1) is 0 Å². The van der Waals surface area contributed by atoms with Crippen molar-refractivity contribution >= 4 is 33.1 Å². The van der Waals surface area contributed by atoms with E-state index >= 15 is 0 Å². The fraction of sp³-hybridized carbons (Fsp3) is 0.143. The molecule has 0 bridgehead atoms. The van der Waals surface area contributed by atoms with Crippen molar-refractivity contribution in [3.8, 4) is 11.1 Å². The van der Waals surface area contributed by atoms with E-state index in [1.54, 1.807) is 18.1 Å². The van der Waals surface area contributed by atoms with E-state index in [1.807, 2.05) is 24.3 Å². The van der Waals surface area contributed by atoms with E-state index in [-0.39, 0.29) is 0 Å². The van der Waals surface area contributed by atoms with Crippen LogP contribution in [0.25, 0.3) is 32.7 Å². The van der Waals surface area contributed by atoms with Gasteiger partial charge in [0.2, 0.25) is 0 Å². The quantitative estimate of drug-likeness (QED) is 0.252. The average molecular weight is 411 g/mol. The summed E-state index contributed by atoms with van der Waals surface area (Å²) in [6.07, 6.45) is 8.24. The average Bonchev–Trinajstić information content (AvgIpc) is 3.39. The summed E-state index contributed by atoms with van der Waals surface area (Å²) >= 11 is 6.13.